The van der Waals surface area contributed by atoms with Crippen LogP contribution in [0.2, 0.25) is 15.6 Å². The van der Waals surface area contributed by atoms with Gasteiger partial charge in [0.05, 0.1) is 26.7 Å². The molecule has 1 aromatic rings. The lowest BCUT2D eigenvalue weighted by atomic mass is 9.07. The Hall–Kier alpha value is -0.186. The molecule has 15 heteroatoms. The molecule has 0 amide bonds. The summed E-state index contributed by atoms with van der Waals surface area (Å²) >= 11 is 7.21. The molecular weight excluding hydrogens is 345 g/mol. The summed E-state index contributed by atoms with van der Waals surface area (Å²) in [6, 6.07) is 0. The molecule has 0 bridgehead atoms. The maximum absolute atomic E-state index is 13.9. The molecule has 3 nitrogen and oxygen atoms in total. The predicted octanol–water partition coefficient (Wildman–Crippen LogP) is -12.7. The van der Waals surface area contributed by atoms with Gasteiger partial charge in [0.15, 0.2) is 13.6 Å². The third-order valence-electron chi connectivity index (χ3n) is 9.59. The summed E-state index contributed by atoms with van der Waals surface area (Å²) in [7, 11) is 20.0. The van der Waals surface area contributed by atoms with Gasteiger partial charge in [-0.05, 0) is 10.8 Å². The minimum atomic E-state index is -1.57. The first kappa shape index (κ1) is 21.5. The molecule has 2 aliphatic rings. The van der Waals surface area contributed by atoms with E-state index in [0.29, 0.717) is 0 Å². The number of ketones is 1. The fourth-order valence-corrected chi connectivity index (χ4v) is 6.72. The highest BCUT2D eigenvalue weighted by Gasteiger charge is 2.78. The van der Waals surface area contributed by atoms with E-state index < -0.39 is 32.8 Å². The summed E-state index contributed by atoms with van der Waals surface area (Å²) in [6.07, 6.45) is -0.412. The van der Waals surface area contributed by atoms with Gasteiger partial charge >= 0.3 is 0 Å². The summed E-state index contributed by atoms with van der Waals surface area (Å²) < 4.78 is 0. The molecule has 3 unspecified atom stereocenters. The fraction of sp³-hybridized carbons (Fsp3) is 0.417. The SMILES string of the molecule is Bc1c(B)c(B)c2c(c1B)B(Cl)C1(B)C2(N)C(=O)C(B)(O)C(B)(B)C1(B)B. The molecule has 0 aromatic heterocycles. The lowest BCUT2D eigenvalue weighted by Gasteiger charge is -2.69. The van der Waals surface area contributed by atoms with Crippen molar-refractivity contribution in [2.24, 2.45) is 5.73 Å². The summed E-state index contributed by atoms with van der Waals surface area (Å²) in [5, 5.41) is 9.48. The molecule has 128 valence electrons. The predicted molar refractivity (Wildman–Crippen MR) is 146 cm³/mol. The van der Waals surface area contributed by atoms with E-state index >= 15 is 0 Å². The van der Waals surface area contributed by atoms with E-state index in [1.54, 1.807) is 7.85 Å². The fourth-order valence-electron chi connectivity index (χ4n) is 6.00. The van der Waals surface area contributed by atoms with E-state index in [1.165, 1.54) is 5.46 Å². The van der Waals surface area contributed by atoms with Crippen LogP contribution in [-0.2, 0) is 10.3 Å². The van der Waals surface area contributed by atoms with E-state index in [-0.39, 0.29) is 5.78 Å². The van der Waals surface area contributed by atoms with E-state index in [2.05, 4.69) is 39.2 Å². The smallest absolute Gasteiger partial charge is 0.282 e. The van der Waals surface area contributed by atoms with Crippen LogP contribution in [0, 0.1) is 0 Å². The molecule has 3 rings (SSSR count). The van der Waals surface area contributed by atoms with Crippen LogP contribution in [-0.4, -0.2) is 101 Å². The molecule has 3 N–H and O–H groups in total. The highest BCUT2D eigenvalue weighted by atomic mass is 35.5. The van der Waals surface area contributed by atoms with Gasteiger partial charge in [0.2, 0.25) is 0 Å². The van der Waals surface area contributed by atoms with Crippen LogP contribution in [0.3, 0.4) is 0 Å². The Bertz CT molecular complexity index is 906. The number of carbonyl (C=O) groups is 1. The lowest BCUT2D eigenvalue weighted by molar-refractivity contribution is -0.142. The number of Topliss-reactive ketones (excluding diaryl/α,β-unsaturated/α-hetero) is 1. The van der Waals surface area contributed by atoms with Gasteiger partial charge in [-0.3, -0.25) is 4.79 Å². The van der Waals surface area contributed by atoms with Gasteiger partial charge in [0, 0.05) is 0 Å². The maximum Gasteiger partial charge on any atom is 0.282 e. The first-order valence-corrected chi connectivity index (χ1v) is 10.2. The molecule has 1 saturated carbocycles. The van der Waals surface area contributed by atoms with Crippen molar-refractivity contribution in [3.8, 4) is 0 Å². The Morgan fingerprint density at radius 3 is 1.78 bits per heavy atom. The van der Waals surface area contributed by atoms with Crippen molar-refractivity contribution >= 4 is 129 Å². The van der Waals surface area contributed by atoms with E-state index in [9.17, 15) is 9.90 Å². The zero-order valence-electron chi connectivity index (χ0n) is 18.4. The first-order chi connectivity index (χ1) is 12.0. The number of halogens is 1. The Balaban J connectivity index is 2.57. The Labute approximate surface area is 176 Å². The van der Waals surface area contributed by atoms with E-state index in [0.717, 1.165) is 27.4 Å². The first-order valence-electron chi connectivity index (χ1n) is 9.76. The van der Waals surface area contributed by atoms with Crippen LogP contribution in [0.1, 0.15) is 5.56 Å². The molecule has 0 spiro atoms. The minimum absolute atomic E-state index is 0.322. The monoisotopic (exact) mass is 369 g/mol. The normalized spacial score (nSPS) is 36.3. The summed E-state index contributed by atoms with van der Waals surface area (Å²) in [5.41, 5.74) is 10.5. The average Bonchev–Trinajstić information content (AvgIpc) is 2.76. The van der Waals surface area contributed by atoms with Gasteiger partial charge in [-0.2, -0.15) is 11.5 Å². The molecule has 1 heterocycles. The molecule has 1 aliphatic carbocycles. The maximum atomic E-state index is 13.9. The number of hydrogen-bond donors (Lipinski definition) is 2. The minimum Gasteiger partial charge on any atom is -0.392 e. The standard InChI is InChI=1S/C12H23B11ClNO2/c13-2-1-6(5(16)4(15)3(2)14)23(24)12(22)8(1,25)7(26)9(17,27)10(18,19)11(12,20)21/h27H,13-22,25H2. The molecule has 3 atom stereocenters. The van der Waals surface area contributed by atoms with Crippen molar-refractivity contribution in [1.29, 1.82) is 0 Å². The van der Waals surface area contributed by atoms with Crippen molar-refractivity contribution in [2.45, 2.75) is 26.7 Å². The number of benzene rings is 1. The number of hydrogen-bond acceptors (Lipinski definition) is 3. The number of carbonyl (C=O) groups excluding carboxylic acids is 1. The second-order valence-corrected chi connectivity index (χ2v) is 10.7. The highest BCUT2D eigenvalue weighted by Crippen LogP contribution is 2.74. The van der Waals surface area contributed by atoms with E-state index in [1.807, 2.05) is 31.4 Å². The number of fused-ring (bicyclic) bond motifs is 3. The number of rotatable bonds is 0. The van der Waals surface area contributed by atoms with Crippen LogP contribution in [0.15, 0.2) is 0 Å². The zero-order valence-corrected chi connectivity index (χ0v) is 19.1. The van der Waals surface area contributed by atoms with Gasteiger partial charge in [-0.15, -0.1) is 10.9 Å². The molecule has 0 radical (unpaired) electrons. The topological polar surface area (TPSA) is 63.3 Å². The van der Waals surface area contributed by atoms with Crippen molar-refractivity contribution in [2.75, 3.05) is 0 Å². The van der Waals surface area contributed by atoms with Gasteiger partial charge in [0.25, 0.3) is 6.13 Å². The van der Waals surface area contributed by atoms with Crippen molar-refractivity contribution in [1.82, 2.24) is 0 Å². The van der Waals surface area contributed by atoms with Gasteiger partial charge in [-0.1, -0.05) is 26.8 Å². The number of nitrogens with two attached hydrogens (primary N) is 1. The largest absolute Gasteiger partial charge is 0.392 e. The number of aliphatic hydroxyl groups is 1. The summed E-state index contributed by atoms with van der Waals surface area (Å²) in [4.78, 5) is 13.9. The Morgan fingerprint density at radius 1 is 0.852 bits per heavy atom. The Morgan fingerprint density at radius 2 is 1.30 bits per heavy atom. The molecule has 27 heavy (non-hydrogen) atoms. The van der Waals surface area contributed by atoms with Crippen LogP contribution >= 0.6 is 11.5 Å². The van der Waals surface area contributed by atoms with Gasteiger partial charge in [0.1, 0.15) is 54.9 Å². The van der Waals surface area contributed by atoms with Gasteiger partial charge in [-0.25, -0.2) is 0 Å². The van der Waals surface area contributed by atoms with Crippen LogP contribution < -0.4 is 33.0 Å². The zero-order chi connectivity index (χ0) is 21.1. The lowest BCUT2D eigenvalue weighted by Crippen LogP contribution is -2.77. The Kier molecular flexibility index (Phi) is 4.37. The van der Waals surface area contributed by atoms with Gasteiger partial charge < -0.3 is 10.8 Å². The summed E-state index contributed by atoms with van der Waals surface area (Å²) in [6.45, 7) is 0. The van der Waals surface area contributed by atoms with Crippen LogP contribution in [0.5, 0.6) is 0 Å². The third-order valence-corrected chi connectivity index (χ3v) is 10.2. The van der Waals surface area contributed by atoms with Crippen LogP contribution in [0.4, 0.5) is 0 Å². The highest BCUT2D eigenvalue weighted by molar-refractivity contribution is 7.21. The average molecular weight is 368 g/mol. The van der Waals surface area contributed by atoms with Crippen molar-refractivity contribution in [3.63, 3.8) is 0 Å². The van der Waals surface area contributed by atoms with Crippen LogP contribution in [0.25, 0.3) is 0 Å². The molecule has 1 aromatic carbocycles. The van der Waals surface area contributed by atoms with Crippen molar-refractivity contribution < 1.29 is 9.90 Å². The molecule has 0 saturated heterocycles. The summed E-state index contributed by atoms with van der Waals surface area (Å²) in [5.74, 6) is -0.322. The van der Waals surface area contributed by atoms with E-state index in [4.69, 9.17) is 17.2 Å². The second-order valence-electron chi connectivity index (χ2n) is 10.3. The molecule has 1 aliphatic heterocycles. The van der Waals surface area contributed by atoms with Crippen molar-refractivity contribution in [3.05, 3.63) is 5.56 Å². The quantitative estimate of drug-likeness (QED) is 0.448. The molecule has 1 fully saturated rings. The second kappa shape index (κ2) is 5.49. The molecular formula is C12H23B11ClNO2. The third kappa shape index (κ3) is 1.90.